The molecule has 1 aromatic heterocycles. The molecule has 17 heavy (non-hydrogen) atoms. The highest BCUT2D eigenvalue weighted by atomic mass is 15.3. The Balaban J connectivity index is 2.20. The summed E-state index contributed by atoms with van der Waals surface area (Å²) in [6, 6.07) is 0.597. The molecule has 2 N–H and O–H groups in total. The van der Waals surface area contributed by atoms with Crippen LogP contribution in [0.25, 0.3) is 0 Å². The lowest BCUT2D eigenvalue weighted by atomic mass is 10.1. The van der Waals surface area contributed by atoms with Crippen molar-refractivity contribution in [2.24, 2.45) is 0 Å². The van der Waals surface area contributed by atoms with Crippen molar-refractivity contribution in [2.75, 3.05) is 37.3 Å². The number of nitrogens with zero attached hydrogens (tertiary/aromatic N) is 4. The molecule has 94 valence electrons. The van der Waals surface area contributed by atoms with Crippen molar-refractivity contribution in [2.45, 2.75) is 26.3 Å². The van der Waals surface area contributed by atoms with Gasteiger partial charge in [0.1, 0.15) is 18.0 Å². The molecule has 0 aliphatic carbocycles. The Hall–Kier alpha value is -1.36. The van der Waals surface area contributed by atoms with Gasteiger partial charge in [0.05, 0.1) is 0 Å². The van der Waals surface area contributed by atoms with Crippen LogP contribution in [-0.2, 0) is 0 Å². The molecule has 2 heterocycles. The molecule has 5 heteroatoms. The first-order chi connectivity index (χ1) is 8.13. The highest BCUT2D eigenvalue weighted by Gasteiger charge is 2.24. The Bertz CT molecular complexity index is 392. The summed E-state index contributed by atoms with van der Waals surface area (Å²) in [5.74, 6) is 1.58. The maximum Gasteiger partial charge on any atom is 0.137 e. The fourth-order valence-electron chi connectivity index (χ4n) is 2.35. The highest BCUT2D eigenvalue weighted by molar-refractivity contribution is 5.55. The van der Waals surface area contributed by atoms with E-state index in [1.54, 1.807) is 6.33 Å². The maximum atomic E-state index is 5.83. The van der Waals surface area contributed by atoms with Crippen LogP contribution < -0.4 is 10.6 Å². The Kier molecular flexibility index (Phi) is 3.47. The molecule has 0 saturated carbocycles. The maximum absolute atomic E-state index is 5.83. The number of anilines is 2. The summed E-state index contributed by atoms with van der Waals surface area (Å²) in [6.07, 6.45) is 2.71. The minimum atomic E-state index is 0.585. The molecular weight excluding hydrogens is 214 g/mol. The Morgan fingerprint density at radius 3 is 2.88 bits per heavy atom. The monoisotopic (exact) mass is 235 g/mol. The minimum Gasteiger partial charge on any atom is -0.383 e. The van der Waals surface area contributed by atoms with E-state index < -0.39 is 0 Å². The molecule has 0 aromatic carbocycles. The van der Waals surface area contributed by atoms with Gasteiger partial charge in [-0.3, -0.25) is 4.90 Å². The Morgan fingerprint density at radius 1 is 1.41 bits per heavy atom. The molecule has 1 saturated heterocycles. The highest BCUT2D eigenvalue weighted by Crippen LogP contribution is 2.23. The lowest BCUT2D eigenvalue weighted by molar-refractivity contribution is 0.213. The average molecular weight is 235 g/mol. The smallest absolute Gasteiger partial charge is 0.137 e. The molecule has 1 unspecified atom stereocenters. The second-order valence-corrected chi connectivity index (χ2v) is 4.70. The van der Waals surface area contributed by atoms with E-state index in [4.69, 9.17) is 5.73 Å². The van der Waals surface area contributed by atoms with Crippen LogP contribution in [0.3, 0.4) is 0 Å². The van der Waals surface area contributed by atoms with E-state index in [1.807, 2.05) is 6.92 Å². The number of likely N-dealkylation sites (N-methyl/N-ethyl adjacent to an activating group) is 1. The lowest BCUT2D eigenvalue weighted by Crippen LogP contribution is -2.51. The number of hydrogen-bond donors (Lipinski definition) is 1. The van der Waals surface area contributed by atoms with Crippen molar-refractivity contribution in [3.63, 3.8) is 0 Å². The summed E-state index contributed by atoms with van der Waals surface area (Å²) in [5.41, 5.74) is 6.83. The molecule has 1 aromatic rings. The van der Waals surface area contributed by atoms with Crippen molar-refractivity contribution in [1.29, 1.82) is 0 Å². The van der Waals surface area contributed by atoms with Gasteiger partial charge >= 0.3 is 0 Å². The van der Waals surface area contributed by atoms with Crippen molar-refractivity contribution >= 4 is 11.6 Å². The van der Waals surface area contributed by atoms with Crippen LogP contribution in [-0.4, -0.2) is 47.6 Å². The van der Waals surface area contributed by atoms with E-state index >= 15 is 0 Å². The molecular formula is C12H21N5. The first-order valence-corrected chi connectivity index (χ1v) is 6.15. The molecule has 5 nitrogen and oxygen atoms in total. The van der Waals surface area contributed by atoms with Gasteiger partial charge in [-0.2, -0.15) is 0 Å². The molecule has 1 aliphatic rings. The summed E-state index contributed by atoms with van der Waals surface area (Å²) in [7, 11) is 2.19. The zero-order valence-electron chi connectivity index (χ0n) is 10.8. The number of nitrogens with two attached hydrogens (primary N) is 1. The standard InChI is InChI=1S/C12H21N5/c1-4-10-7-17(6-5-16(10)3)12-9(2)11(13)14-8-15-12/h8,10H,4-7H2,1-3H3,(H2,13,14,15). The zero-order chi connectivity index (χ0) is 12.4. The van der Waals surface area contributed by atoms with Gasteiger partial charge in [-0.25, -0.2) is 9.97 Å². The number of nitrogen functional groups attached to an aromatic ring is 1. The molecule has 1 atom stereocenters. The molecule has 0 spiro atoms. The number of piperazine rings is 1. The number of aromatic nitrogens is 2. The normalized spacial score (nSPS) is 21.8. The first kappa shape index (κ1) is 12.1. The third-order valence-corrected chi connectivity index (χ3v) is 3.64. The molecule has 0 radical (unpaired) electrons. The quantitative estimate of drug-likeness (QED) is 0.825. The third-order valence-electron chi connectivity index (χ3n) is 3.64. The fraction of sp³-hybridized carbons (Fsp3) is 0.667. The van der Waals surface area contributed by atoms with Gasteiger partial charge in [0.25, 0.3) is 0 Å². The summed E-state index contributed by atoms with van der Waals surface area (Å²) < 4.78 is 0. The van der Waals surface area contributed by atoms with Crippen LogP contribution in [0, 0.1) is 6.92 Å². The second-order valence-electron chi connectivity index (χ2n) is 4.70. The fourth-order valence-corrected chi connectivity index (χ4v) is 2.35. The molecule has 2 rings (SSSR count). The Morgan fingerprint density at radius 2 is 2.18 bits per heavy atom. The largest absolute Gasteiger partial charge is 0.383 e. The van der Waals surface area contributed by atoms with E-state index in [1.165, 1.54) is 0 Å². The van der Waals surface area contributed by atoms with Gasteiger partial charge in [0.15, 0.2) is 0 Å². The second kappa shape index (κ2) is 4.87. The van der Waals surface area contributed by atoms with Crippen molar-refractivity contribution in [3.05, 3.63) is 11.9 Å². The Labute approximate surface area is 103 Å². The predicted molar refractivity (Wildman–Crippen MR) is 70.1 cm³/mol. The lowest BCUT2D eigenvalue weighted by Gasteiger charge is -2.40. The summed E-state index contributed by atoms with van der Waals surface area (Å²) >= 11 is 0. The van der Waals surface area contributed by atoms with Gasteiger partial charge in [-0.05, 0) is 20.4 Å². The van der Waals surface area contributed by atoms with E-state index in [-0.39, 0.29) is 0 Å². The van der Waals surface area contributed by atoms with Crippen LogP contribution in [0.5, 0.6) is 0 Å². The zero-order valence-corrected chi connectivity index (χ0v) is 10.8. The predicted octanol–water partition coefficient (Wildman–Crippen LogP) is 0.898. The molecule has 0 amide bonds. The van der Waals surface area contributed by atoms with E-state index in [0.29, 0.717) is 11.9 Å². The van der Waals surface area contributed by atoms with Gasteiger partial charge in [-0.15, -0.1) is 0 Å². The summed E-state index contributed by atoms with van der Waals surface area (Å²) in [5, 5.41) is 0. The van der Waals surface area contributed by atoms with Crippen LogP contribution in [0.1, 0.15) is 18.9 Å². The average Bonchev–Trinajstić information content (AvgIpc) is 2.34. The first-order valence-electron chi connectivity index (χ1n) is 6.15. The summed E-state index contributed by atoms with van der Waals surface area (Å²) in [4.78, 5) is 13.1. The SMILES string of the molecule is CCC1CN(c2ncnc(N)c2C)CCN1C. The molecule has 0 bridgehead atoms. The van der Waals surface area contributed by atoms with E-state index in [2.05, 4.69) is 33.7 Å². The number of rotatable bonds is 2. The van der Waals surface area contributed by atoms with E-state index in [9.17, 15) is 0 Å². The van der Waals surface area contributed by atoms with Gasteiger partial charge in [0, 0.05) is 31.2 Å². The van der Waals surface area contributed by atoms with Crippen LogP contribution >= 0.6 is 0 Å². The van der Waals surface area contributed by atoms with Gasteiger partial charge < -0.3 is 10.6 Å². The third kappa shape index (κ3) is 2.34. The van der Waals surface area contributed by atoms with Crippen molar-refractivity contribution in [1.82, 2.24) is 14.9 Å². The van der Waals surface area contributed by atoms with E-state index in [0.717, 1.165) is 37.4 Å². The topological polar surface area (TPSA) is 58.3 Å². The molecule has 1 fully saturated rings. The van der Waals surface area contributed by atoms with Crippen LogP contribution in [0.2, 0.25) is 0 Å². The van der Waals surface area contributed by atoms with Crippen molar-refractivity contribution in [3.8, 4) is 0 Å². The molecule has 1 aliphatic heterocycles. The number of hydrogen-bond acceptors (Lipinski definition) is 5. The minimum absolute atomic E-state index is 0.585. The van der Waals surface area contributed by atoms with Crippen LogP contribution in [0.4, 0.5) is 11.6 Å². The van der Waals surface area contributed by atoms with Gasteiger partial charge in [0.2, 0.25) is 0 Å². The van der Waals surface area contributed by atoms with Crippen molar-refractivity contribution < 1.29 is 0 Å². The van der Waals surface area contributed by atoms with Crippen LogP contribution in [0.15, 0.2) is 6.33 Å². The van der Waals surface area contributed by atoms with Gasteiger partial charge in [-0.1, -0.05) is 6.92 Å². The summed E-state index contributed by atoms with van der Waals surface area (Å²) in [6.45, 7) is 7.31.